The predicted molar refractivity (Wildman–Crippen MR) is 86.2 cm³/mol. The predicted octanol–water partition coefficient (Wildman–Crippen LogP) is 3.28. The molecule has 2 rings (SSSR count). The topological polar surface area (TPSA) is 42.1 Å². The Bertz CT molecular complexity index is 604. The summed E-state index contributed by atoms with van der Waals surface area (Å²) in [5, 5.41) is 0.219. The molecule has 104 valence electrons. The molecule has 0 amide bonds. The van der Waals surface area contributed by atoms with Gasteiger partial charge in [0.2, 0.25) is 0 Å². The molecule has 0 saturated carbocycles. The number of anilines is 1. The van der Waals surface area contributed by atoms with E-state index in [2.05, 4.69) is 20.9 Å². The molecule has 0 radical (unpaired) electrons. The van der Waals surface area contributed by atoms with E-state index in [9.17, 15) is 4.39 Å². The number of benzene rings is 1. The number of aromatic nitrogens is 1. The number of hydrogen-bond donors (Lipinski definition) is 1. The number of nitrogens with two attached hydrogens (primary N) is 1. The van der Waals surface area contributed by atoms with E-state index in [1.807, 2.05) is 12.1 Å². The zero-order valence-electron chi connectivity index (χ0n) is 10.6. The van der Waals surface area contributed by atoms with E-state index in [4.69, 9.17) is 18.0 Å². The van der Waals surface area contributed by atoms with E-state index in [-0.39, 0.29) is 10.9 Å². The zero-order chi connectivity index (χ0) is 14.5. The summed E-state index contributed by atoms with van der Waals surface area (Å²) in [6.07, 6.45) is 2.17. The number of halogens is 2. The van der Waals surface area contributed by atoms with Crippen molar-refractivity contribution in [1.82, 2.24) is 4.98 Å². The molecule has 0 aliphatic carbocycles. The minimum atomic E-state index is -0.223. The summed E-state index contributed by atoms with van der Waals surface area (Å²) < 4.78 is 14.5. The van der Waals surface area contributed by atoms with Crippen LogP contribution in [0.2, 0.25) is 0 Å². The van der Waals surface area contributed by atoms with Crippen LogP contribution in [0.1, 0.15) is 5.56 Å². The van der Waals surface area contributed by atoms with Crippen LogP contribution < -0.4 is 10.6 Å². The van der Waals surface area contributed by atoms with E-state index in [0.717, 1.165) is 4.47 Å². The largest absolute Gasteiger partial charge is 0.376 e. The van der Waals surface area contributed by atoms with Crippen molar-refractivity contribution in [3.05, 3.63) is 58.4 Å². The fourth-order valence-electron chi connectivity index (χ4n) is 1.80. The lowest BCUT2D eigenvalue weighted by molar-refractivity contribution is 0.609. The van der Waals surface area contributed by atoms with Crippen molar-refractivity contribution in [3.8, 4) is 0 Å². The van der Waals surface area contributed by atoms with Crippen molar-refractivity contribution in [3.63, 3.8) is 0 Å². The number of nitrogens with zero attached hydrogens (tertiary/aromatic N) is 2. The Labute approximate surface area is 130 Å². The van der Waals surface area contributed by atoms with E-state index >= 15 is 0 Å². The molecule has 0 spiro atoms. The third-order valence-electron chi connectivity index (χ3n) is 2.82. The lowest BCUT2D eigenvalue weighted by Crippen LogP contribution is -2.37. The first-order chi connectivity index (χ1) is 9.58. The smallest absolute Gasteiger partial charge is 0.171 e. The van der Waals surface area contributed by atoms with Gasteiger partial charge in [0.05, 0.1) is 0 Å². The van der Waals surface area contributed by atoms with Crippen molar-refractivity contribution in [2.24, 2.45) is 5.73 Å². The summed E-state index contributed by atoms with van der Waals surface area (Å²) >= 11 is 8.36. The van der Waals surface area contributed by atoms with Crippen molar-refractivity contribution in [2.75, 3.05) is 11.4 Å². The lowest BCUT2D eigenvalue weighted by atomic mass is 10.1. The van der Waals surface area contributed by atoms with E-state index in [1.54, 1.807) is 29.3 Å². The fourth-order valence-corrected chi connectivity index (χ4v) is 2.22. The first-order valence-electron chi connectivity index (χ1n) is 6.00. The molecule has 0 unspecified atom stereocenters. The zero-order valence-corrected chi connectivity index (χ0v) is 13.0. The molecule has 1 aromatic carbocycles. The van der Waals surface area contributed by atoms with E-state index < -0.39 is 0 Å². The van der Waals surface area contributed by atoms with Crippen LogP contribution in [0.3, 0.4) is 0 Å². The first kappa shape index (κ1) is 14.9. The highest BCUT2D eigenvalue weighted by Crippen LogP contribution is 2.16. The van der Waals surface area contributed by atoms with Crippen LogP contribution in [0.15, 0.2) is 47.1 Å². The summed E-state index contributed by atoms with van der Waals surface area (Å²) in [6, 6.07) is 10.3. The van der Waals surface area contributed by atoms with Crippen LogP contribution in [0.5, 0.6) is 0 Å². The van der Waals surface area contributed by atoms with Crippen molar-refractivity contribution in [1.29, 1.82) is 0 Å². The van der Waals surface area contributed by atoms with E-state index in [0.29, 0.717) is 24.3 Å². The van der Waals surface area contributed by atoms with Crippen LogP contribution >= 0.6 is 28.1 Å². The molecule has 1 aromatic heterocycles. The summed E-state index contributed by atoms with van der Waals surface area (Å²) in [5.41, 5.74) is 6.35. The summed E-state index contributed by atoms with van der Waals surface area (Å²) in [5.74, 6) is 0.427. The Morgan fingerprint density at radius 2 is 2.05 bits per heavy atom. The number of pyridine rings is 1. The maximum absolute atomic E-state index is 13.6. The molecule has 0 bridgehead atoms. The average molecular weight is 354 g/mol. The van der Waals surface area contributed by atoms with Gasteiger partial charge in [0.1, 0.15) is 11.6 Å². The monoisotopic (exact) mass is 353 g/mol. The summed E-state index contributed by atoms with van der Waals surface area (Å²) in [7, 11) is 0. The number of hydrogen-bond acceptors (Lipinski definition) is 2. The molecular weight excluding hydrogens is 341 g/mol. The van der Waals surface area contributed by atoms with Gasteiger partial charge in [-0.05, 0) is 58.3 Å². The Kier molecular flexibility index (Phi) is 5.03. The lowest BCUT2D eigenvalue weighted by Gasteiger charge is -2.21. The summed E-state index contributed by atoms with van der Waals surface area (Å²) in [4.78, 5) is 5.94. The molecule has 0 fully saturated rings. The SMILES string of the molecule is NC(=S)N(CCc1ccccc1F)c1ccc(Br)cn1. The Hall–Kier alpha value is -1.53. The molecule has 2 N–H and O–H groups in total. The third-order valence-corrected chi connectivity index (χ3v) is 3.51. The van der Waals surface area contributed by atoms with Crippen LogP contribution in [0.25, 0.3) is 0 Å². The van der Waals surface area contributed by atoms with Gasteiger partial charge in [-0.3, -0.25) is 0 Å². The van der Waals surface area contributed by atoms with Crippen LogP contribution in [0, 0.1) is 5.82 Å². The molecule has 1 heterocycles. The highest BCUT2D eigenvalue weighted by atomic mass is 79.9. The summed E-state index contributed by atoms with van der Waals surface area (Å²) in [6.45, 7) is 0.477. The minimum Gasteiger partial charge on any atom is -0.376 e. The molecule has 0 aliphatic heterocycles. The normalized spacial score (nSPS) is 10.3. The van der Waals surface area contributed by atoms with Crippen LogP contribution in [-0.4, -0.2) is 16.6 Å². The van der Waals surface area contributed by atoms with Crippen LogP contribution in [0.4, 0.5) is 10.2 Å². The molecule has 0 saturated heterocycles. The van der Waals surface area contributed by atoms with Gasteiger partial charge in [-0.25, -0.2) is 9.37 Å². The van der Waals surface area contributed by atoms with Gasteiger partial charge < -0.3 is 10.6 Å². The molecule has 2 aromatic rings. The fraction of sp³-hybridized carbons (Fsp3) is 0.143. The Balaban J connectivity index is 2.13. The van der Waals surface area contributed by atoms with E-state index in [1.165, 1.54) is 6.07 Å². The standard InChI is InChI=1S/C14H13BrFN3S/c15-11-5-6-13(18-9-11)19(14(17)20)8-7-10-3-1-2-4-12(10)16/h1-6,9H,7-8H2,(H2,17,20). The second kappa shape index (κ2) is 6.76. The maximum atomic E-state index is 13.6. The second-order valence-electron chi connectivity index (χ2n) is 4.17. The molecule has 20 heavy (non-hydrogen) atoms. The third kappa shape index (κ3) is 3.74. The Morgan fingerprint density at radius 1 is 1.30 bits per heavy atom. The van der Waals surface area contributed by atoms with Crippen molar-refractivity contribution in [2.45, 2.75) is 6.42 Å². The van der Waals surface area contributed by atoms with Crippen molar-refractivity contribution >= 4 is 39.1 Å². The van der Waals surface area contributed by atoms with Gasteiger partial charge >= 0.3 is 0 Å². The van der Waals surface area contributed by atoms with Gasteiger partial charge in [-0.15, -0.1) is 0 Å². The van der Waals surface area contributed by atoms with Crippen LogP contribution in [-0.2, 0) is 6.42 Å². The second-order valence-corrected chi connectivity index (χ2v) is 5.50. The van der Waals surface area contributed by atoms with Gasteiger partial charge in [0.25, 0.3) is 0 Å². The molecule has 0 atom stereocenters. The van der Waals surface area contributed by atoms with Gasteiger partial charge in [-0.1, -0.05) is 18.2 Å². The van der Waals surface area contributed by atoms with Gasteiger partial charge in [-0.2, -0.15) is 0 Å². The molecule has 3 nitrogen and oxygen atoms in total. The first-order valence-corrected chi connectivity index (χ1v) is 7.20. The number of thiocarbonyl (C=S) groups is 1. The Morgan fingerprint density at radius 3 is 2.65 bits per heavy atom. The minimum absolute atomic E-state index is 0.219. The highest BCUT2D eigenvalue weighted by Gasteiger charge is 2.12. The van der Waals surface area contributed by atoms with Gasteiger partial charge in [0, 0.05) is 17.2 Å². The molecule has 0 aliphatic rings. The van der Waals surface area contributed by atoms with Gasteiger partial charge in [0.15, 0.2) is 5.11 Å². The molecular formula is C14H13BrFN3S. The maximum Gasteiger partial charge on any atom is 0.171 e. The number of rotatable bonds is 4. The molecule has 6 heteroatoms. The van der Waals surface area contributed by atoms with Crippen molar-refractivity contribution < 1.29 is 4.39 Å². The quantitative estimate of drug-likeness (QED) is 0.856. The highest BCUT2D eigenvalue weighted by molar-refractivity contribution is 9.10. The average Bonchev–Trinajstić information content (AvgIpc) is 2.42.